The van der Waals surface area contributed by atoms with Crippen LogP contribution < -0.4 is 10.6 Å². The highest BCUT2D eigenvalue weighted by Crippen LogP contribution is 2.24. The number of urea groups is 1. The quantitative estimate of drug-likeness (QED) is 0.789. The number of hydrogen-bond acceptors (Lipinski definition) is 3. The highest BCUT2D eigenvalue weighted by atomic mass is 16.4. The van der Waals surface area contributed by atoms with Crippen molar-refractivity contribution in [2.24, 2.45) is 5.92 Å². The summed E-state index contributed by atoms with van der Waals surface area (Å²) in [4.78, 5) is 26.9. The summed E-state index contributed by atoms with van der Waals surface area (Å²) < 4.78 is 0. The number of aliphatic carboxylic acids is 1. The number of carboxylic acid groups (broad SMARTS) is 1. The van der Waals surface area contributed by atoms with E-state index in [9.17, 15) is 9.59 Å². The van der Waals surface area contributed by atoms with E-state index in [0.29, 0.717) is 32.2 Å². The number of hydrogen-bond donors (Lipinski definition) is 3. The predicted molar refractivity (Wildman–Crippen MR) is 77.7 cm³/mol. The van der Waals surface area contributed by atoms with Gasteiger partial charge in [0.05, 0.1) is 18.2 Å². The summed E-state index contributed by atoms with van der Waals surface area (Å²) in [5, 5.41) is 14.6. The van der Waals surface area contributed by atoms with E-state index in [-0.39, 0.29) is 18.0 Å². The van der Waals surface area contributed by atoms with Crippen LogP contribution in [0.2, 0.25) is 0 Å². The first-order chi connectivity index (χ1) is 10.0. The van der Waals surface area contributed by atoms with E-state index in [1.807, 2.05) is 19.1 Å². The van der Waals surface area contributed by atoms with Gasteiger partial charge in [0.25, 0.3) is 0 Å². The number of carboxylic acids is 1. The summed E-state index contributed by atoms with van der Waals surface area (Å²) in [5.74, 6) is -0.994. The van der Waals surface area contributed by atoms with E-state index >= 15 is 0 Å². The van der Waals surface area contributed by atoms with E-state index < -0.39 is 5.97 Å². The van der Waals surface area contributed by atoms with Gasteiger partial charge in [0.1, 0.15) is 0 Å². The summed E-state index contributed by atoms with van der Waals surface area (Å²) in [5.41, 5.74) is 1.92. The molecule has 1 aromatic heterocycles. The van der Waals surface area contributed by atoms with Crippen molar-refractivity contribution < 1.29 is 14.7 Å². The molecule has 2 amide bonds. The Morgan fingerprint density at radius 2 is 2.05 bits per heavy atom. The molecule has 0 aromatic carbocycles. The molecule has 0 saturated heterocycles. The molecule has 21 heavy (non-hydrogen) atoms. The molecule has 1 aliphatic rings. The Labute approximate surface area is 124 Å². The minimum absolute atomic E-state index is 0.0612. The summed E-state index contributed by atoms with van der Waals surface area (Å²) in [7, 11) is 0. The Hall–Kier alpha value is -2.11. The number of rotatable bonds is 4. The number of amides is 2. The first-order valence-corrected chi connectivity index (χ1v) is 7.23. The zero-order chi connectivity index (χ0) is 15.2. The van der Waals surface area contributed by atoms with E-state index in [1.165, 1.54) is 0 Å². The molecule has 1 aliphatic carbocycles. The standard InChI is InChI=1S/C15H21N3O3/c1-10-6-7-16-13(8-10)9-17-15(21)18-12-4-2-11(3-5-12)14(19)20/h6-8,11-12H,2-5,9H2,1H3,(H,19,20)(H2,17,18,21). The van der Waals surface area contributed by atoms with Crippen molar-refractivity contribution in [3.8, 4) is 0 Å². The van der Waals surface area contributed by atoms with Crippen molar-refractivity contribution in [1.29, 1.82) is 0 Å². The molecule has 0 unspecified atom stereocenters. The maximum atomic E-state index is 11.8. The molecular formula is C15H21N3O3. The van der Waals surface area contributed by atoms with Gasteiger partial charge < -0.3 is 15.7 Å². The number of nitrogens with one attached hydrogen (secondary N) is 2. The average Bonchev–Trinajstić information content (AvgIpc) is 2.46. The second-order valence-electron chi connectivity index (χ2n) is 5.54. The lowest BCUT2D eigenvalue weighted by Gasteiger charge is -2.26. The van der Waals surface area contributed by atoms with Crippen molar-refractivity contribution >= 4 is 12.0 Å². The molecule has 6 nitrogen and oxygen atoms in total. The molecule has 0 aliphatic heterocycles. The van der Waals surface area contributed by atoms with E-state index in [2.05, 4.69) is 15.6 Å². The Bertz CT molecular complexity index is 511. The molecule has 6 heteroatoms. The predicted octanol–water partition coefficient (Wildman–Crippen LogP) is 1.83. The highest BCUT2D eigenvalue weighted by Gasteiger charge is 2.26. The van der Waals surface area contributed by atoms with Crippen LogP contribution >= 0.6 is 0 Å². The van der Waals surface area contributed by atoms with Crippen molar-refractivity contribution in [2.45, 2.75) is 45.2 Å². The molecule has 1 heterocycles. The van der Waals surface area contributed by atoms with Crippen LogP contribution in [0.5, 0.6) is 0 Å². The average molecular weight is 291 g/mol. The van der Waals surface area contributed by atoms with Crippen LogP contribution in [-0.4, -0.2) is 28.1 Å². The Kier molecular flexibility index (Phi) is 5.14. The maximum absolute atomic E-state index is 11.8. The lowest BCUT2D eigenvalue weighted by molar-refractivity contribution is -0.142. The first kappa shape index (κ1) is 15.3. The van der Waals surface area contributed by atoms with Crippen molar-refractivity contribution in [3.05, 3.63) is 29.6 Å². The second kappa shape index (κ2) is 7.06. The zero-order valence-electron chi connectivity index (χ0n) is 12.1. The van der Waals surface area contributed by atoms with Crippen LogP contribution in [0.25, 0.3) is 0 Å². The number of aromatic nitrogens is 1. The van der Waals surface area contributed by atoms with Crippen molar-refractivity contribution in [2.75, 3.05) is 0 Å². The molecule has 114 valence electrons. The summed E-state index contributed by atoms with van der Waals surface area (Å²) >= 11 is 0. The van der Waals surface area contributed by atoms with E-state index in [0.717, 1.165) is 11.3 Å². The molecule has 1 fully saturated rings. The SMILES string of the molecule is Cc1ccnc(CNC(=O)NC2CCC(C(=O)O)CC2)c1. The summed E-state index contributed by atoms with van der Waals surface area (Å²) in [6, 6.07) is 3.67. The fourth-order valence-electron chi connectivity index (χ4n) is 2.59. The number of aryl methyl sites for hydroxylation is 1. The van der Waals surface area contributed by atoms with Gasteiger partial charge >= 0.3 is 12.0 Å². The third kappa shape index (κ3) is 4.73. The van der Waals surface area contributed by atoms with Gasteiger partial charge in [-0.05, 0) is 50.3 Å². The number of pyridine rings is 1. The molecule has 2 rings (SSSR count). The fourth-order valence-corrected chi connectivity index (χ4v) is 2.59. The van der Waals surface area contributed by atoms with E-state index in [4.69, 9.17) is 5.11 Å². The Morgan fingerprint density at radius 3 is 2.67 bits per heavy atom. The van der Waals surface area contributed by atoms with Gasteiger partial charge in [-0.1, -0.05) is 0 Å². The van der Waals surface area contributed by atoms with Crippen molar-refractivity contribution in [3.63, 3.8) is 0 Å². The number of carbonyl (C=O) groups is 2. The minimum atomic E-state index is -0.733. The highest BCUT2D eigenvalue weighted by molar-refractivity contribution is 5.74. The molecule has 3 N–H and O–H groups in total. The second-order valence-corrected chi connectivity index (χ2v) is 5.54. The van der Waals surface area contributed by atoms with Gasteiger partial charge in [-0.25, -0.2) is 4.79 Å². The molecule has 0 spiro atoms. The van der Waals surface area contributed by atoms with E-state index in [1.54, 1.807) is 6.20 Å². The monoisotopic (exact) mass is 291 g/mol. The minimum Gasteiger partial charge on any atom is -0.481 e. The Morgan fingerprint density at radius 1 is 1.33 bits per heavy atom. The fraction of sp³-hybridized carbons (Fsp3) is 0.533. The number of nitrogens with zero attached hydrogens (tertiary/aromatic N) is 1. The van der Waals surface area contributed by atoms with Gasteiger partial charge in [-0.2, -0.15) is 0 Å². The Balaban J connectivity index is 1.72. The zero-order valence-corrected chi connectivity index (χ0v) is 12.1. The molecule has 0 radical (unpaired) electrons. The summed E-state index contributed by atoms with van der Waals surface area (Å²) in [6.45, 7) is 2.37. The van der Waals surface area contributed by atoms with Gasteiger partial charge in [0.2, 0.25) is 0 Å². The molecule has 0 bridgehead atoms. The molecule has 1 aromatic rings. The lowest BCUT2D eigenvalue weighted by atomic mass is 9.86. The molecular weight excluding hydrogens is 270 g/mol. The lowest BCUT2D eigenvalue weighted by Crippen LogP contribution is -2.44. The van der Waals surface area contributed by atoms with Crippen LogP contribution in [0.15, 0.2) is 18.3 Å². The van der Waals surface area contributed by atoms with Crippen LogP contribution in [0, 0.1) is 12.8 Å². The number of carbonyl (C=O) groups excluding carboxylic acids is 1. The largest absolute Gasteiger partial charge is 0.481 e. The van der Waals surface area contributed by atoms with Gasteiger partial charge in [-0.15, -0.1) is 0 Å². The van der Waals surface area contributed by atoms with Gasteiger partial charge in [-0.3, -0.25) is 9.78 Å². The normalized spacial score (nSPS) is 21.6. The van der Waals surface area contributed by atoms with Gasteiger partial charge in [0.15, 0.2) is 0 Å². The first-order valence-electron chi connectivity index (χ1n) is 7.23. The van der Waals surface area contributed by atoms with Crippen LogP contribution in [0.4, 0.5) is 4.79 Å². The van der Waals surface area contributed by atoms with Crippen LogP contribution in [0.3, 0.4) is 0 Å². The van der Waals surface area contributed by atoms with Crippen molar-refractivity contribution in [1.82, 2.24) is 15.6 Å². The molecule has 0 atom stereocenters. The third-order valence-corrected chi connectivity index (χ3v) is 3.81. The van der Waals surface area contributed by atoms with Crippen LogP contribution in [0.1, 0.15) is 36.9 Å². The maximum Gasteiger partial charge on any atom is 0.315 e. The molecule has 1 saturated carbocycles. The van der Waals surface area contributed by atoms with Crippen LogP contribution in [-0.2, 0) is 11.3 Å². The smallest absolute Gasteiger partial charge is 0.315 e. The topological polar surface area (TPSA) is 91.3 Å². The third-order valence-electron chi connectivity index (χ3n) is 3.81. The van der Waals surface area contributed by atoms with Gasteiger partial charge in [0, 0.05) is 12.2 Å². The summed E-state index contributed by atoms with van der Waals surface area (Å²) in [6.07, 6.45) is 4.40.